The third-order valence-corrected chi connectivity index (χ3v) is 3.30. The molecule has 104 valence electrons. The average molecular weight is 260 g/mol. The van der Waals surface area contributed by atoms with Crippen LogP contribution in [-0.4, -0.2) is 12.6 Å². The summed E-state index contributed by atoms with van der Waals surface area (Å²) in [5.41, 5.74) is 1.25. The lowest BCUT2D eigenvalue weighted by Gasteiger charge is -2.22. The summed E-state index contributed by atoms with van der Waals surface area (Å²) in [6, 6.07) is 10.8. The predicted molar refractivity (Wildman–Crippen MR) is 78.1 cm³/mol. The van der Waals surface area contributed by atoms with Gasteiger partial charge in [-0.2, -0.15) is 5.26 Å². The van der Waals surface area contributed by atoms with Gasteiger partial charge in [0.25, 0.3) is 0 Å². The third-order valence-electron chi connectivity index (χ3n) is 3.30. The molecule has 0 aliphatic heterocycles. The SMILES string of the molecule is CCCC(CC)NC(C)c1ccc(OCC#N)cc1. The molecule has 0 amide bonds. The minimum absolute atomic E-state index is 0.0988. The number of rotatable bonds is 8. The number of hydrogen-bond donors (Lipinski definition) is 1. The average Bonchev–Trinajstić information content (AvgIpc) is 2.45. The number of hydrogen-bond acceptors (Lipinski definition) is 3. The zero-order chi connectivity index (χ0) is 14.1. The topological polar surface area (TPSA) is 45.0 Å². The second kappa shape index (κ2) is 8.55. The molecule has 1 N–H and O–H groups in total. The van der Waals surface area contributed by atoms with Crippen LogP contribution in [0.5, 0.6) is 5.75 Å². The molecule has 0 aromatic heterocycles. The summed E-state index contributed by atoms with van der Waals surface area (Å²) in [4.78, 5) is 0. The smallest absolute Gasteiger partial charge is 0.174 e. The van der Waals surface area contributed by atoms with E-state index in [2.05, 4.69) is 38.2 Å². The van der Waals surface area contributed by atoms with Gasteiger partial charge >= 0.3 is 0 Å². The molecular formula is C16H24N2O. The van der Waals surface area contributed by atoms with Gasteiger partial charge in [-0.05, 0) is 37.5 Å². The molecule has 0 bridgehead atoms. The van der Waals surface area contributed by atoms with Gasteiger partial charge in [-0.1, -0.05) is 32.4 Å². The van der Waals surface area contributed by atoms with Crippen LogP contribution in [0.2, 0.25) is 0 Å². The van der Waals surface area contributed by atoms with Crippen molar-refractivity contribution in [1.82, 2.24) is 5.32 Å². The van der Waals surface area contributed by atoms with Crippen LogP contribution in [0.3, 0.4) is 0 Å². The van der Waals surface area contributed by atoms with Gasteiger partial charge in [-0.3, -0.25) is 0 Å². The van der Waals surface area contributed by atoms with Crippen molar-refractivity contribution >= 4 is 0 Å². The lowest BCUT2D eigenvalue weighted by atomic mass is 10.0. The molecule has 2 unspecified atom stereocenters. The van der Waals surface area contributed by atoms with Crippen LogP contribution in [0.15, 0.2) is 24.3 Å². The Kier molecular flexibility index (Phi) is 6.99. The van der Waals surface area contributed by atoms with Gasteiger partial charge in [-0.15, -0.1) is 0 Å². The molecule has 3 nitrogen and oxygen atoms in total. The van der Waals surface area contributed by atoms with E-state index in [9.17, 15) is 0 Å². The van der Waals surface area contributed by atoms with Gasteiger partial charge in [0, 0.05) is 12.1 Å². The molecule has 1 aromatic carbocycles. The molecule has 19 heavy (non-hydrogen) atoms. The fourth-order valence-corrected chi connectivity index (χ4v) is 2.17. The standard InChI is InChI=1S/C16H24N2O/c1-4-6-15(5-2)18-13(3)14-7-9-16(10-8-14)19-12-11-17/h7-10,13,15,18H,4-6,12H2,1-3H3. The Morgan fingerprint density at radius 3 is 2.47 bits per heavy atom. The van der Waals surface area contributed by atoms with E-state index in [4.69, 9.17) is 10.00 Å². The van der Waals surface area contributed by atoms with E-state index in [1.165, 1.54) is 18.4 Å². The largest absolute Gasteiger partial charge is 0.479 e. The monoisotopic (exact) mass is 260 g/mol. The lowest BCUT2D eigenvalue weighted by Crippen LogP contribution is -2.30. The van der Waals surface area contributed by atoms with Crippen LogP contribution >= 0.6 is 0 Å². The van der Waals surface area contributed by atoms with Crippen molar-refractivity contribution in [2.45, 2.75) is 52.1 Å². The second-order valence-electron chi connectivity index (χ2n) is 4.80. The molecule has 0 spiro atoms. The van der Waals surface area contributed by atoms with Crippen molar-refractivity contribution < 1.29 is 4.74 Å². The van der Waals surface area contributed by atoms with E-state index in [0.717, 1.165) is 12.2 Å². The summed E-state index contributed by atoms with van der Waals surface area (Å²) in [6.45, 7) is 6.72. The van der Waals surface area contributed by atoms with Crippen LogP contribution in [0.1, 0.15) is 51.6 Å². The Balaban J connectivity index is 2.57. The maximum absolute atomic E-state index is 8.46. The fourth-order valence-electron chi connectivity index (χ4n) is 2.17. The van der Waals surface area contributed by atoms with Crippen LogP contribution in [0.25, 0.3) is 0 Å². The third kappa shape index (κ3) is 5.32. The highest BCUT2D eigenvalue weighted by Gasteiger charge is 2.11. The molecule has 1 rings (SSSR count). The normalized spacial score (nSPS) is 13.6. The Labute approximate surface area is 116 Å². The number of benzene rings is 1. The van der Waals surface area contributed by atoms with Crippen LogP contribution < -0.4 is 10.1 Å². The summed E-state index contributed by atoms with van der Waals surface area (Å²) in [6.07, 6.45) is 3.57. The van der Waals surface area contributed by atoms with Crippen molar-refractivity contribution in [3.8, 4) is 11.8 Å². The Bertz CT molecular complexity index is 394. The lowest BCUT2D eigenvalue weighted by molar-refractivity contribution is 0.367. The molecule has 0 radical (unpaired) electrons. The van der Waals surface area contributed by atoms with E-state index in [1.807, 2.05) is 18.2 Å². The van der Waals surface area contributed by atoms with E-state index >= 15 is 0 Å². The first-order chi connectivity index (χ1) is 9.21. The Hall–Kier alpha value is -1.53. The fraction of sp³-hybridized carbons (Fsp3) is 0.562. The Morgan fingerprint density at radius 1 is 1.26 bits per heavy atom. The molecular weight excluding hydrogens is 236 g/mol. The first-order valence-corrected chi connectivity index (χ1v) is 7.07. The summed E-state index contributed by atoms with van der Waals surface area (Å²) in [5, 5.41) is 12.1. The van der Waals surface area contributed by atoms with Crippen molar-refractivity contribution in [2.24, 2.45) is 0 Å². The summed E-state index contributed by atoms with van der Waals surface area (Å²) in [5.74, 6) is 0.748. The molecule has 0 aliphatic carbocycles. The molecule has 0 heterocycles. The Morgan fingerprint density at radius 2 is 1.95 bits per heavy atom. The van der Waals surface area contributed by atoms with Crippen molar-refractivity contribution in [3.63, 3.8) is 0 Å². The van der Waals surface area contributed by atoms with Gasteiger partial charge < -0.3 is 10.1 Å². The number of ether oxygens (including phenoxy) is 1. The molecule has 3 heteroatoms. The predicted octanol–water partition coefficient (Wildman–Crippen LogP) is 3.82. The molecule has 1 aromatic rings. The molecule has 0 saturated heterocycles. The highest BCUT2D eigenvalue weighted by molar-refractivity contribution is 5.29. The van der Waals surface area contributed by atoms with Gasteiger partial charge in [0.2, 0.25) is 0 Å². The van der Waals surface area contributed by atoms with E-state index in [-0.39, 0.29) is 6.61 Å². The maximum atomic E-state index is 8.46. The minimum Gasteiger partial charge on any atom is -0.479 e. The van der Waals surface area contributed by atoms with Crippen molar-refractivity contribution in [3.05, 3.63) is 29.8 Å². The highest BCUT2D eigenvalue weighted by atomic mass is 16.5. The van der Waals surface area contributed by atoms with Gasteiger partial charge in [0.05, 0.1) is 0 Å². The minimum atomic E-state index is 0.0988. The molecule has 0 aliphatic rings. The van der Waals surface area contributed by atoms with E-state index < -0.39 is 0 Å². The highest BCUT2D eigenvalue weighted by Crippen LogP contribution is 2.19. The number of nitrogens with one attached hydrogen (secondary N) is 1. The molecule has 2 atom stereocenters. The van der Waals surface area contributed by atoms with Crippen LogP contribution in [0, 0.1) is 11.3 Å². The van der Waals surface area contributed by atoms with Crippen molar-refractivity contribution in [1.29, 1.82) is 5.26 Å². The summed E-state index contributed by atoms with van der Waals surface area (Å²) < 4.78 is 5.25. The first-order valence-electron chi connectivity index (χ1n) is 7.07. The number of nitrogens with zero attached hydrogens (tertiary/aromatic N) is 1. The number of nitriles is 1. The summed E-state index contributed by atoms with van der Waals surface area (Å²) in [7, 11) is 0. The maximum Gasteiger partial charge on any atom is 0.174 e. The van der Waals surface area contributed by atoms with E-state index in [1.54, 1.807) is 0 Å². The van der Waals surface area contributed by atoms with Crippen molar-refractivity contribution in [2.75, 3.05) is 6.61 Å². The van der Waals surface area contributed by atoms with Gasteiger partial charge in [0.15, 0.2) is 6.61 Å². The van der Waals surface area contributed by atoms with Gasteiger partial charge in [0.1, 0.15) is 11.8 Å². The van der Waals surface area contributed by atoms with Crippen LogP contribution in [-0.2, 0) is 0 Å². The zero-order valence-electron chi connectivity index (χ0n) is 12.1. The zero-order valence-corrected chi connectivity index (χ0v) is 12.1. The van der Waals surface area contributed by atoms with Gasteiger partial charge in [-0.25, -0.2) is 0 Å². The second-order valence-corrected chi connectivity index (χ2v) is 4.80. The first kappa shape index (κ1) is 15.5. The molecule has 0 saturated carbocycles. The van der Waals surface area contributed by atoms with E-state index in [0.29, 0.717) is 12.1 Å². The molecule has 0 fully saturated rings. The summed E-state index contributed by atoms with van der Waals surface area (Å²) >= 11 is 0. The van der Waals surface area contributed by atoms with Crippen LogP contribution in [0.4, 0.5) is 0 Å². The quantitative estimate of drug-likeness (QED) is 0.773.